The highest BCUT2D eigenvalue weighted by Crippen LogP contribution is 2.18. The number of anilines is 1. The minimum atomic E-state index is -0.215. The molecule has 5 nitrogen and oxygen atoms in total. The zero-order chi connectivity index (χ0) is 20.1. The van der Waals surface area contributed by atoms with Crippen LogP contribution in [-0.2, 0) is 4.79 Å². The first-order valence-electron chi connectivity index (χ1n) is 8.81. The third-order valence-corrected chi connectivity index (χ3v) is 5.23. The van der Waals surface area contributed by atoms with Gasteiger partial charge in [0, 0.05) is 16.8 Å². The number of hydrogen-bond acceptors (Lipinski definition) is 4. The highest BCUT2D eigenvalue weighted by Gasteiger charge is 2.08. The van der Waals surface area contributed by atoms with Gasteiger partial charge in [-0.2, -0.15) is 9.78 Å². The Morgan fingerprint density at radius 3 is 2.39 bits per heavy atom. The number of rotatable bonds is 6. The van der Waals surface area contributed by atoms with Gasteiger partial charge in [0.05, 0.1) is 11.4 Å². The molecule has 28 heavy (non-hydrogen) atoms. The Kier molecular flexibility index (Phi) is 6.54. The summed E-state index contributed by atoms with van der Waals surface area (Å²) in [5.74, 6) is 0.438. The van der Waals surface area contributed by atoms with Gasteiger partial charge in [0.2, 0.25) is 5.91 Å². The van der Waals surface area contributed by atoms with Crippen LogP contribution in [0.3, 0.4) is 0 Å². The Bertz CT molecular complexity index is 1020. The molecule has 3 aromatic rings. The van der Waals surface area contributed by atoms with Crippen LogP contribution in [0, 0.1) is 0 Å². The van der Waals surface area contributed by atoms with Gasteiger partial charge < -0.3 is 5.32 Å². The second-order valence-electron chi connectivity index (χ2n) is 6.51. The Balaban J connectivity index is 1.68. The number of thioether (sulfide) groups is 1. The molecule has 0 saturated carbocycles. The number of benzene rings is 2. The minimum Gasteiger partial charge on any atom is -0.325 e. The van der Waals surface area contributed by atoms with Crippen LogP contribution in [0.15, 0.2) is 70.5 Å². The standard InChI is InChI=1S/C21H20ClN3O2S/c1-14(2)15-3-9-18(10-4-15)25-21(27)12-11-20(24-25)28-13-19(26)23-17-7-5-16(22)6-8-17/h3-12,14H,13H2,1-2H3,(H,23,26). The smallest absolute Gasteiger partial charge is 0.271 e. The SMILES string of the molecule is CC(C)c1ccc(-n2nc(SCC(=O)Nc3ccc(Cl)cc3)ccc2=O)cc1. The molecule has 0 bridgehead atoms. The van der Waals surface area contributed by atoms with Crippen LogP contribution in [-0.4, -0.2) is 21.4 Å². The van der Waals surface area contributed by atoms with Crippen LogP contribution in [0.1, 0.15) is 25.3 Å². The van der Waals surface area contributed by atoms with Crippen molar-refractivity contribution in [1.29, 1.82) is 0 Å². The summed E-state index contributed by atoms with van der Waals surface area (Å²) in [5, 5.41) is 8.38. The number of halogens is 1. The van der Waals surface area contributed by atoms with E-state index in [-0.39, 0.29) is 17.2 Å². The highest BCUT2D eigenvalue weighted by molar-refractivity contribution is 7.99. The third kappa shape index (κ3) is 5.24. The first-order valence-corrected chi connectivity index (χ1v) is 10.2. The van der Waals surface area contributed by atoms with Crippen LogP contribution in [0.2, 0.25) is 5.02 Å². The summed E-state index contributed by atoms with van der Waals surface area (Å²) in [6.45, 7) is 4.23. The van der Waals surface area contributed by atoms with Crippen molar-refractivity contribution in [3.05, 3.63) is 81.6 Å². The summed E-state index contributed by atoms with van der Waals surface area (Å²) >= 11 is 7.11. The summed E-state index contributed by atoms with van der Waals surface area (Å²) in [5.41, 5.74) is 2.36. The zero-order valence-corrected chi connectivity index (χ0v) is 17.1. The Morgan fingerprint density at radius 1 is 1.07 bits per heavy atom. The number of amides is 1. The van der Waals surface area contributed by atoms with Gasteiger partial charge in [-0.25, -0.2) is 0 Å². The Hall–Kier alpha value is -2.57. The maximum absolute atomic E-state index is 12.2. The lowest BCUT2D eigenvalue weighted by atomic mass is 10.0. The van der Waals surface area contributed by atoms with Crippen molar-refractivity contribution >= 4 is 35.0 Å². The molecule has 0 fully saturated rings. The van der Waals surface area contributed by atoms with E-state index in [0.717, 1.165) is 0 Å². The quantitative estimate of drug-likeness (QED) is 0.593. The molecule has 0 unspecified atom stereocenters. The Labute approximate surface area is 172 Å². The van der Waals surface area contributed by atoms with Gasteiger partial charge in [-0.15, -0.1) is 0 Å². The van der Waals surface area contributed by atoms with Crippen molar-refractivity contribution in [2.75, 3.05) is 11.1 Å². The molecule has 0 aliphatic heterocycles. The van der Waals surface area contributed by atoms with Crippen molar-refractivity contribution in [2.24, 2.45) is 0 Å². The van der Waals surface area contributed by atoms with Gasteiger partial charge in [-0.3, -0.25) is 9.59 Å². The topological polar surface area (TPSA) is 64.0 Å². The summed E-state index contributed by atoms with van der Waals surface area (Å²) in [4.78, 5) is 24.3. The molecule has 0 aliphatic rings. The fraction of sp³-hybridized carbons (Fsp3) is 0.190. The van der Waals surface area contributed by atoms with E-state index in [1.807, 2.05) is 24.3 Å². The molecule has 0 radical (unpaired) electrons. The lowest BCUT2D eigenvalue weighted by Crippen LogP contribution is -2.21. The van der Waals surface area contributed by atoms with Crippen molar-refractivity contribution in [3.8, 4) is 5.69 Å². The second-order valence-corrected chi connectivity index (χ2v) is 7.94. The normalized spacial score (nSPS) is 10.9. The fourth-order valence-electron chi connectivity index (χ4n) is 2.53. The first-order chi connectivity index (χ1) is 13.4. The molecule has 3 rings (SSSR count). The van der Waals surface area contributed by atoms with Crippen LogP contribution >= 0.6 is 23.4 Å². The fourth-order valence-corrected chi connectivity index (χ4v) is 3.31. The van der Waals surface area contributed by atoms with E-state index >= 15 is 0 Å². The number of hydrogen-bond donors (Lipinski definition) is 1. The van der Waals surface area contributed by atoms with E-state index in [4.69, 9.17) is 11.6 Å². The monoisotopic (exact) mass is 413 g/mol. The molecule has 0 saturated heterocycles. The molecule has 1 heterocycles. The Morgan fingerprint density at radius 2 is 1.75 bits per heavy atom. The molecule has 1 amide bonds. The van der Waals surface area contributed by atoms with Crippen molar-refractivity contribution in [2.45, 2.75) is 24.8 Å². The predicted octanol–water partition coefficient (Wildman–Crippen LogP) is 4.74. The third-order valence-electron chi connectivity index (χ3n) is 4.06. The van der Waals surface area contributed by atoms with E-state index in [9.17, 15) is 9.59 Å². The van der Waals surface area contributed by atoms with Gasteiger partial charge in [0.15, 0.2) is 0 Å². The largest absolute Gasteiger partial charge is 0.325 e. The number of aromatic nitrogens is 2. The van der Waals surface area contributed by atoms with Crippen LogP contribution in [0.5, 0.6) is 0 Å². The van der Waals surface area contributed by atoms with E-state index in [0.29, 0.717) is 27.3 Å². The van der Waals surface area contributed by atoms with Gasteiger partial charge in [-0.05, 0) is 53.9 Å². The maximum Gasteiger partial charge on any atom is 0.271 e. The second kappa shape index (κ2) is 9.08. The van der Waals surface area contributed by atoms with Crippen LogP contribution in [0.4, 0.5) is 5.69 Å². The van der Waals surface area contributed by atoms with Crippen molar-refractivity contribution in [1.82, 2.24) is 9.78 Å². The number of carbonyl (C=O) groups excluding carboxylic acids is 1. The summed E-state index contributed by atoms with van der Waals surface area (Å²) in [7, 11) is 0. The number of nitrogens with one attached hydrogen (secondary N) is 1. The summed E-state index contributed by atoms with van der Waals surface area (Å²) in [6.07, 6.45) is 0. The van der Waals surface area contributed by atoms with Crippen LogP contribution in [0.25, 0.3) is 5.69 Å². The molecule has 144 valence electrons. The molecule has 1 N–H and O–H groups in total. The van der Waals surface area contributed by atoms with Crippen LogP contribution < -0.4 is 10.9 Å². The van der Waals surface area contributed by atoms with Gasteiger partial charge in [0.25, 0.3) is 5.56 Å². The highest BCUT2D eigenvalue weighted by atomic mass is 35.5. The summed E-state index contributed by atoms with van der Waals surface area (Å²) in [6, 6.07) is 17.7. The number of nitrogens with zero attached hydrogens (tertiary/aromatic N) is 2. The lowest BCUT2D eigenvalue weighted by molar-refractivity contribution is -0.113. The van der Waals surface area contributed by atoms with Gasteiger partial charge in [0.1, 0.15) is 5.03 Å². The zero-order valence-electron chi connectivity index (χ0n) is 15.6. The minimum absolute atomic E-state index is 0.159. The van der Waals surface area contributed by atoms with E-state index in [1.165, 1.54) is 28.1 Å². The average molecular weight is 414 g/mol. The molecule has 1 aromatic heterocycles. The van der Waals surface area contributed by atoms with Gasteiger partial charge in [-0.1, -0.05) is 49.3 Å². The molecular weight excluding hydrogens is 394 g/mol. The molecule has 2 aromatic carbocycles. The van der Waals surface area contributed by atoms with E-state index in [2.05, 4.69) is 24.3 Å². The number of carbonyl (C=O) groups is 1. The molecule has 0 aliphatic carbocycles. The van der Waals surface area contributed by atoms with Crippen molar-refractivity contribution in [3.63, 3.8) is 0 Å². The predicted molar refractivity (Wildman–Crippen MR) is 115 cm³/mol. The first kappa shape index (κ1) is 20.2. The molecular formula is C21H20ClN3O2S. The lowest BCUT2D eigenvalue weighted by Gasteiger charge is -2.09. The van der Waals surface area contributed by atoms with E-state index in [1.54, 1.807) is 30.3 Å². The van der Waals surface area contributed by atoms with E-state index < -0.39 is 0 Å². The van der Waals surface area contributed by atoms with Gasteiger partial charge >= 0.3 is 0 Å². The average Bonchev–Trinajstić information content (AvgIpc) is 2.69. The summed E-state index contributed by atoms with van der Waals surface area (Å²) < 4.78 is 1.35. The molecule has 0 spiro atoms. The van der Waals surface area contributed by atoms with Crippen molar-refractivity contribution < 1.29 is 4.79 Å². The molecule has 0 atom stereocenters. The maximum atomic E-state index is 12.2. The molecule has 7 heteroatoms.